The van der Waals surface area contributed by atoms with E-state index in [0.29, 0.717) is 49.1 Å². The maximum absolute atomic E-state index is 14.9. The number of alkyl halides is 3. The number of nitrogens with two attached hydrogens (primary N) is 1. The molecule has 11 heteroatoms. The zero-order chi connectivity index (χ0) is 25.9. The van der Waals surface area contributed by atoms with E-state index in [4.69, 9.17) is 17.3 Å². The predicted molar refractivity (Wildman–Crippen MR) is 133 cm³/mol. The summed E-state index contributed by atoms with van der Waals surface area (Å²) in [5, 5.41) is 3.24. The summed E-state index contributed by atoms with van der Waals surface area (Å²) >= 11 is 6.19. The van der Waals surface area contributed by atoms with Gasteiger partial charge in [0, 0.05) is 63.4 Å². The zero-order valence-electron chi connectivity index (χ0n) is 19.8. The smallest absolute Gasteiger partial charge is 0.367 e. The lowest BCUT2D eigenvalue weighted by Gasteiger charge is -2.37. The first-order valence-corrected chi connectivity index (χ1v) is 12.4. The number of anilines is 2. The van der Waals surface area contributed by atoms with Crippen molar-refractivity contribution in [2.75, 3.05) is 56.0 Å². The molecular weight excluding hydrogens is 498 g/mol. The van der Waals surface area contributed by atoms with Gasteiger partial charge in [-0.3, -0.25) is 14.6 Å². The van der Waals surface area contributed by atoms with Gasteiger partial charge in [-0.25, -0.2) is 4.39 Å². The highest BCUT2D eigenvalue weighted by Crippen LogP contribution is 2.31. The van der Waals surface area contributed by atoms with Crippen LogP contribution in [0.25, 0.3) is 0 Å². The van der Waals surface area contributed by atoms with Gasteiger partial charge in [-0.05, 0) is 42.3 Å². The number of hydrogen-bond acceptors (Lipinski definition) is 5. The largest absolute Gasteiger partial charge is 0.390 e. The highest BCUT2D eigenvalue weighted by Gasteiger charge is 2.29. The Balaban J connectivity index is 1.41. The topological polar surface area (TPSA) is 64.8 Å². The maximum Gasteiger partial charge on any atom is 0.390 e. The zero-order valence-corrected chi connectivity index (χ0v) is 20.6. The number of nitrogens with one attached hydrogen (secondary N) is 1. The molecule has 2 aliphatic heterocycles. The minimum atomic E-state index is -4.18. The van der Waals surface area contributed by atoms with Crippen LogP contribution < -0.4 is 16.0 Å². The van der Waals surface area contributed by atoms with Gasteiger partial charge in [-0.1, -0.05) is 17.7 Å². The van der Waals surface area contributed by atoms with E-state index in [0.717, 1.165) is 25.1 Å². The van der Waals surface area contributed by atoms with Crippen molar-refractivity contribution >= 4 is 28.9 Å². The Morgan fingerprint density at radius 2 is 1.81 bits per heavy atom. The lowest BCUT2D eigenvalue weighted by atomic mass is 10.1. The highest BCUT2D eigenvalue weighted by atomic mass is 35.5. The molecule has 4 rings (SSSR count). The SMILES string of the molecule is N[C@H]1CCN(Cc2ccc(C(=O)Nc3ccc(Cl)cc3N3CCN(CCC(F)(F)F)CC3)c(F)c2)C1. The molecule has 0 radical (unpaired) electrons. The number of halogens is 5. The fourth-order valence-corrected chi connectivity index (χ4v) is 4.83. The lowest BCUT2D eigenvalue weighted by molar-refractivity contribution is -0.138. The van der Waals surface area contributed by atoms with Crippen LogP contribution >= 0.6 is 11.6 Å². The summed E-state index contributed by atoms with van der Waals surface area (Å²) in [6, 6.07) is 9.70. The molecule has 2 aromatic rings. The molecule has 2 heterocycles. The second-order valence-electron chi connectivity index (χ2n) is 9.41. The molecule has 6 nitrogen and oxygen atoms in total. The van der Waals surface area contributed by atoms with E-state index in [9.17, 15) is 22.4 Å². The van der Waals surface area contributed by atoms with E-state index in [2.05, 4.69) is 10.2 Å². The van der Waals surface area contributed by atoms with Crippen molar-refractivity contribution in [3.63, 3.8) is 0 Å². The van der Waals surface area contributed by atoms with Crippen LogP contribution in [0, 0.1) is 5.82 Å². The van der Waals surface area contributed by atoms with Gasteiger partial charge in [0.1, 0.15) is 5.82 Å². The van der Waals surface area contributed by atoms with Gasteiger partial charge < -0.3 is 16.0 Å². The van der Waals surface area contributed by atoms with Crippen molar-refractivity contribution < 1.29 is 22.4 Å². The number of rotatable bonds is 7. The summed E-state index contributed by atoms with van der Waals surface area (Å²) in [5.74, 6) is -1.20. The van der Waals surface area contributed by atoms with E-state index >= 15 is 0 Å². The summed E-state index contributed by atoms with van der Waals surface area (Å²) in [5.41, 5.74) is 7.74. The predicted octanol–water partition coefficient (Wildman–Crippen LogP) is 4.34. The van der Waals surface area contributed by atoms with Gasteiger partial charge >= 0.3 is 6.18 Å². The number of carbonyl (C=O) groups excluding carboxylic acids is 1. The minimum absolute atomic E-state index is 0.0453. The van der Waals surface area contributed by atoms with Crippen molar-refractivity contribution in [2.45, 2.75) is 31.6 Å². The van der Waals surface area contributed by atoms with Crippen LogP contribution in [0.15, 0.2) is 36.4 Å². The van der Waals surface area contributed by atoms with Gasteiger partial charge in [0.15, 0.2) is 0 Å². The Morgan fingerprint density at radius 1 is 1.06 bits per heavy atom. The van der Waals surface area contributed by atoms with Gasteiger partial charge in [0.25, 0.3) is 5.91 Å². The Morgan fingerprint density at radius 3 is 2.44 bits per heavy atom. The van der Waals surface area contributed by atoms with Crippen molar-refractivity contribution in [3.05, 3.63) is 58.4 Å². The maximum atomic E-state index is 14.9. The first-order chi connectivity index (χ1) is 17.1. The highest BCUT2D eigenvalue weighted by molar-refractivity contribution is 6.31. The Labute approximate surface area is 213 Å². The molecule has 2 fully saturated rings. The molecule has 36 heavy (non-hydrogen) atoms. The van der Waals surface area contributed by atoms with Gasteiger partial charge in [-0.2, -0.15) is 13.2 Å². The molecule has 2 aromatic carbocycles. The van der Waals surface area contributed by atoms with E-state index < -0.39 is 24.3 Å². The molecule has 0 aliphatic carbocycles. The average Bonchev–Trinajstić information content (AvgIpc) is 3.23. The Hall–Kier alpha value is -2.40. The number of benzene rings is 2. The Kier molecular flexibility index (Phi) is 8.39. The molecule has 3 N–H and O–H groups in total. The third kappa shape index (κ3) is 7.09. The standard InChI is InChI=1S/C25H30ClF4N5O/c26-18-2-4-22(23(14-18)35-11-9-33(10-12-35)8-6-25(28,29)30)32-24(36)20-3-1-17(13-21(20)27)15-34-7-5-19(31)16-34/h1-4,13-14,19H,5-12,15-16,31H2,(H,32,36)/t19-/m0/s1. The van der Waals surface area contributed by atoms with E-state index in [-0.39, 0.29) is 18.2 Å². The summed E-state index contributed by atoms with van der Waals surface area (Å²) < 4.78 is 52.5. The van der Waals surface area contributed by atoms with E-state index in [1.807, 2.05) is 4.90 Å². The molecular formula is C25H30ClF4N5O. The summed E-state index contributed by atoms with van der Waals surface area (Å²) in [4.78, 5) is 18.8. The van der Waals surface area contributed by atoms with Crippen molar-refractivity contribution in [1.29, 1.82) is 0 Å². The minimum Gasteiger partial charge on any atom is -0.367 e. The number of piperazine rings is 1. The van der Waals surface area contributed by atoms with Crippen molar-refractivity contribution in [3.8, 4) is 0 Å². The third-order valence-corrected chi connectivity index (χ3v) is 6.86. The number of nitrogens with zero attached hydrogens (tertiary/aromatic N) is 3. The fourth-order valence-electron chi connectivity index (χ4n) is 4.66. The molecule has 1 atom stereocenters. The van der Waals surface area contributed by atoms with Crippen LogP contribution in [0.5, 0.6) is 0 Å². The second kappa shape index (κ2) is 11.3. The van der Waals surface area contributed by atoms with Gasteiger partial charge in [-0.15, -0.1) is 0 Å². The number of likely N-dealkylation sites (tertiary alicyclic amines) is 1. The first kappa shape index (κ1) is 26.7. The number of hydrogen-bond donors (Lipinski definition) is 2. The monoisotopic (exact) mass is 527 g/mol. The number of amides is 1. The van der Waals surface area contributed by atoms with Crippen LogP contribution in [0.4, 0.5) is 28.9 Å². The molecule has 0 unspecified atom stereocenters. The van der Waals surface area contributed by atoms with Crippen LogP contribution in [-0.2, 0) is 6.54 Å². The molecule has 2 aliphatic rings. The summed E-state index contributed by atoms with van der Waals surface area (Å²) in [6.07, 6.45) is -4.12. The Bertz CT molecular complexity index is 1070. The lowest BCUT2D eigenvalue weighted by Crippen LogP contribution is -2.47. The molecule has 2 saturated heterocycles. The van der Waals surface area contributed by atoms with E-state index in [1.54, 1.807) is 29.2 Å². The normalized spacial score (nSPS) is 19.6. The summed E-state index contributed by atoms with van der Waals surface area (Å²) in [6.45, 7) is 4.01. The molecule has 0 spiro atoms. The van der Waals surface area contributed by atoms with Crippen LogP contribution in [0.3, 0.4) is 0 Å². The second-order valence-corrected chi connectivity index (χ2v) is 9.84. The fraction of sp³-hybridized carbons (Fsp3) is 0.480. The molecule has 196 valence electrons. The molecule has 0 saturated carbocycles. The average molecular weight is 528 g/mol. The van der Waals surface area contributed by atoms with Crippen molar-refractivity contribution in [1.82, 2.24) is 9.80 Å². The van der Waals surface area contributed by atoms with Crippen molar-refractivity contribution in [2.24, 2.45) is 5.73 Å². The van der Waals surface area contributed by atoms with Crippen LogP contribution in [-0.4, -0.2) is 73.7 Å². The first-order valence-electron chi connectivity index (χ1n) is 12.0. The van der Waals surface area contributed by atoms with E-state index in [1.165, 1.54) is 12.1 Å². The number of carbonyl (C=O) groups is 1. The molecule has 0 aromatic heterocycles. The summed E-state index contributed by atoms with van der Waals surface area (Å²) in [7, 11) is 0. The van der Waals surface area contributed by atoms with Gasteiger partial charge in [0.2, 0.25) is 0 Å². The quantitative estimate of drug-likeness (QED) is 0.525. The molecule has 0 bridgehead atoms. The third-order valence-electron chi connectivity index (χ3n) is 6.63. The molecule has 1 amide bonds. The van der Waals surface area contributed by atoms with Crippen LogP contribution in [0.2, 0.25) is 5.02 Å². The van der Waals surface area contributed by atoms with Crippen LogP contribution in [0.1, 0.15) is 28.8 Å². The van der Waals surface area contributed by atoms with Gasteiger partial charge in [0.05, 0.1) is 23.4 Å².